The standard InChI is InChI=1S/C11H12ClFN2O.ClH/c12-7-1-2-10(13)9(5-7)11(16)15-4-3-8(14)6-15;/h1-2,5,8H,3-4,6,14H2;1H/t8-;/m0./s1. The number of hydrogen-bond acceptors (Lipinski definition) is 2. The minimum atomic E-state index is -0.546. The van der Waals surface area contributed by atoms with Crippen molar-refractivity contribution in [3.8, 4) is 0 Å². The van der Waals surface area contributed by atoms with Crippen molar-refractivity contribution in [2.75, 3.05) is 13.1 Å². The van der Waals surface area contributed by atoms with Gasteiger partial charge in [0.25, 0.3) is 5.91 Å². The maximum atomic E-state index is 13.4. The first-order chi connectivity index (χ1) is 7.58. The van der Waals surface area contributed by atoms with E-state index in [1.807, 2.05) is 0 Å². The zero-order valence-electron chi connectivity index (χ0n) is 9.03. The fourth-order valence-corrected chi connectivity index (χ4v) is 1.98. The van der Waals surface area contributed by atoms with Crippen molar-refractivity contribution in [2.45, 2.75) is 12.5 Å². The van der Waals surface area contributed by atoms with Crippen LogP contribution in [0.15, 0.2) is 18.2 Å². The van der Waals surface area contributed by atoms with Gasteiger partial charge in [0.15, 0.2) is 0 Å². The van der Waals surface area contributed by atoms with E-state index >= 15 is 0 Å². The Labute approximate surface area is 110 Å². The van der Waals surface area contributed by atoms with Gasteiger partial charge in [0.2, 0.25) is 0 Å². The van der Waals surface area contributed by atoms with E-state index in [-0.39, 0.29) is 29.9 Å². The average Bonchev–Trinajstić information content (AvgIpc) is 2.67. The lowest BCUT2D eigenvalue weighted by Crippen LogP contribution is -2.32. The van der Waals surface area contributed by atoms with E-state index in [0.29, 0.717) is 18.1 Å². The van der Waals surface area contributed by atoms with Crippen LogP contribution in [-0.4, -0.2) is 29.9 Å². The fourth-order valence-electron chi connectivity index (χ4n) is 1.80. The first kappa shape index (κ1) is 14.2. The number of hydrogen-bond donors (Lipinski definition) is 1. The largest absolute Gasteiger partial charge is 0.337 e. The molecule has 1 aliphatic heterocycles. The number of carbonyl (C=O) groups is 1. The molecule has 2 rings (SSSR count). The first-order valence-corrected chi connectivity index (χ1v) is 5.45. The third kappa shape index (κ3) is 3.09. The number of benzene rings is 1. The molecule has 1 aromatic carbocycles. The highest BCUT2D eigenvalue weighted by Crippen LogP contribution is 2.18. The summed E-state index contributed by atoms with van der Waals surface area (Å²) in [6.45, 7) is 1.05. The predicted molar refractivity (Wildman–Crippen MR) is 67.2 cm³/mol. The maximum absolute atomic E-state index is 13.4. The molecule has 0 spiro atoms. The monoisotopic (exact) mass is 278 g/mol. The van der Waals surface area contributed by atoms with Crippen LogP contribution in [0.25, 0.3) is 0 Å². The van der Waals surface area contributed by atoms with Crippen molar-refractivity contribution in [1.82, 2.24) is 4.90 Å². The SMILES string of the molecule is Cl.N[C@H]1CCN(C(=O)c2cc(Cl)ccc2F)C1. The van der Waals surface area contributed by atoms with Crippen LogP contribution in [-0.2, 0) is 0 Å². The molecule has 0 radical (unpaired) electrons. The van der Waals surface area contributed by atoms with Gasteiger partial charge in [0.05, 0.1) is 5.56 Å². The van der Waals surface area contributed by atoms with Crippen molar-refractivity contribution >= 4 is 29.9 Å². The van der Waals surface area contributed by atoms with Gasteiger partial charge < -0.3 is 10.6 Å². The van der Waals surface area contributed by atoms with Crippen molar-refractivity contribution in [3.05, 3.63) is 34.6 Å². The average molecular weight is 279 g/mol. The number of likely N-dealkylation sites (tertiary alicyclic amines) is 1. The lowest BCUT2D eigenvalue weighted by atomic mass is 10.2. The van der Waals surface area contributed by atoms with Crippen LogP contribution in [0.4, 0.5) is 4.39 Å². The molecule has 1 amide bonds. The molecule has 1 aliphatic rings. The van der Waals surface area contributed by atoms with Crippen molar-refractivity contribution in [1.29, 1.82) is 0 Å². The molecule has 0 bridgehead atoms. The van der Waals surface area contributed by atoms with Crippen LogP contribution >= 0.6 is 24.0 Å². The highest BCUT2D eigenvalue weighted by Gasteiger charge is 2.26. The Morgan fingerprint density at radius 3 is 2.82 bits per heavy atom. The van der Waals surface area contributed by atoms with Gasteiger partial charge in [-0.15, -0.1) is 12.4 Å². The number of amides is 1. The van der Waals surface area contributed by atoms with Gasteiger partial charge in [-0.1, -0.05) is 11.6 Å². The molecule has 2 N–H and O–H groups in total. The van der Waals surface area contributed by atoms with Gasteiger partial charge in [-0.2, -0.15) is 0 Å². The molecule has 0 unspecified atom stereocenters. The van der Waals surface area contributed by atoms with Crippen LogP contribution in [0.3, 0.4) is 0 Å². The summed E-state index contributed by atoms with van der Waals surface area (Å²) < 4.78 is 13.4. The number of halogens is 3. The van der Waals surface area contributed by atoms with Crippen LogP contribution < -0.4 is 5.73 Å². The summed E-state index contributed by atoms with van der Waals surface area (Å²) in [5, 5.41) is 0.355. The zero-order valence-corrected chi connectivity index (χ0v) is 10.6. The van der Waals surface area contributed by atoms with E-state index in [9.17, 15) is 9.18 Å². The minimum Gasteiger partial charge on any atom is -0.337 e. The highest BCUT2D eigenvalue weighted by atomic mass is 35.5. The summed E-state index contributed by atoms with van der Waals surface area (Å²) in [4.78, 5) is 13.5. The zero-order chi connectivity index (χ0) is 11.7. The van der Waals surface area contributed by atoms with E-state index in [4.69, 9.17) is 17.3 Å². The van der Waals surface area contributed by atoms with Gasteiger partial charge in [0.1, 0.15) is 5.82 Å². The normalized spacial score (nSPS) is 19.0. The number of rotatable bonds is 1. The molecular formula is C11H13Cl2FN2O. The molecule has 1 heterocycles. The summed E-state index contributed by atoms with van der Waals surface area (Å²) in [5.41, 5.74) is 5.71. The Bertz CT molecular complexity index is 428. The number of carbonyl (C=O) groups excluding carboxylic acids is 1. The molecule has 1 fully saturated rings. The van der Waals surface area contributed by atoms with Crippen LogP contribution in [0, 0.1) is 5.82 Å². The summed E-state index contributed by atoms with van der Waals surface area (Å²) in [7, 11) is 0. The Morgan fingerprint density at radius 2 is 2.24 bits per heavy atom. The predicted octanol–water partition coefficient (Wildman–Crippen LogP) is 2.07. The van der Waals surface area contributed by atoms with Gasteiger partial charge >= 0.3 is 0 Å². The van der Waals surface area contributed by atoms with E-state index in [1.165, 1.54) is 18.2 Å². The van der Waals surface area contributed by atoms with Gasteiger partial charge in [-0.05, 0) is 24.6 Å². The molecule has 94 valence electrons. The van der Waals surface area contributed by atoms with Crippen molar-refractivity contribution in [2.24, 2.45) is 5.73 Å². The smallest absolute Gasteiger partial charge is 0.256 e. The molecule has 1 saturated heterocycles. The van der Waals surface area contributed by atoms with Crippen LogP contribution in [0.1, 0.15) is 16.8 Å². The second-order valence-corrected chi connectivity index (χ2v) is 4.36. The molecule has 0 saturated carbocycles. The molecule has 17 heavy (non-hydrogen) atoms. The lowest BCUT2D eigenvalue weighted by Gasteiger charge is -2.16. The number of nitrogens with zero attached hydrogens (tertiary/aromatic N) is 1. The van der Waals surface area contributed by atoms with Crippen molar-refractivity contribution < 1.29 is 9.18 Å². The molecule has 6 heteroatoms. The second kappa shape index (κ2) is 5.67. The molecule has 1 aromatic rings. The van der Waals surface area contributed by atoms with Gasteiger partial charge in [-0.25, -0.2) is 4.39 Å². The summed E-state index contributed by atoms with van der Waals surface area (Å²) >= 11 is 5.73. The third-order valence-corrected chi connectivity index (χ3v) is 2.91. The topological polar surface area (TPSA) is 46.3 Å². The summed E-state index contributed by atoms with van der Waals surface area (Å²) in [6.07, 6.45) is 0.758. The van der Waals surface area contributed by atoms with Crippen molar-refractivity contribution in [3.63, 3.8) is 0 Å². The van der Waals surface area contributed by atoms with E-state index in [2.05, 4.69) is 0 Å². The summed E-state index contributed by atoms with van der Waals surface area (Å²) in [5.74, 6) is -0.886. The fraction of sp³-hybridized carbons (Fsp3) is 0.364. The quantitative estimate of drug-likeness (QED) is 0.855. The number of nitrogens with two attached hydrogens (primary N) is 1. The van der Waals surface area contributed by atoms with E-state index < -0.39 is 5.82 Å². The lowest BCUT2D eigenvalue weighted by molar-refractivity contribution is 0.0786. The molecule has 3 nitrogen and oxygen atoms in total. The Balaban J connectivity index is 0.00000144. The first-order valence-electron chi connectivity index (χ1n) is 5.08. The molecular weight excluding hydrogens is 266 g/mol. The minimum absolute atomic E-state index is 0. The molecule has 0 aliphatic carbocycles. The Hall–Kier alpha value is -0.840. The maximum Gasteiger partial charge on any atom is 0.256 e. The Morgan fingerprint density at radius 1 is 1.53 bits per heavy atom. The Kier molecular flexibility index (Phi) is 4.74. The molecule has 0 aromatic heterocycles. The van der Waals surface area contributed by atoms with Crippen LogP contribution in [0.5, 0.6) is 0 Å². The van der Waals surface area contributed by atoms with Gasteiger partial charge in [0, 0.05) is 24.2 Å². The van der Waals surface area contributed by atoms with E-state index in [1.54, 1.807) is 4.90 Å². The van der Waals surface area contributed by atoms with E-state index in [0.717, 1.165) is 6.42 Å². The highest BCUT2D eigenvalue weighted by molar-refractivity contribution is 6.31. The summed E-state index contributed by atoms with van der Waals surface area (Å²) in [6, 6.07) is 3.96. The third-order valence-electron chi connectivity index (χ3n) is 2.67. The van der Waals surface area contributed by atoms with Gasteiger partial charge in [-0.3, -0.25) is 4.79 Å². The second-order valence-electron chi connectivity index (χ2n) is 3.92. The van der Waals surface area contributed by atoms with Crippen LogP contribution in [0.2, 0.25) is 5.02 Å². The molecule has 1 atom stereocenters.